The minimum Gasteiger partial charge on any atom is -0.381 e. The molecular formula is C12H22N2O2. The Bertz CT molecular complexity index is 237. The van der Waals surface area contributed by atoms with Gasteiger partial charge in [0.05, 0.1) is 12.5 Å². The first-order valence-corrected chi connectivity index (χ1v) is 6.35. The molecule has 0 aromatic rings. The number of rotatable bonds is 3. The van der Waals surface area contributed by atoms with E-state index in [1.54, 1.807) is 0 Å². The Labute approximate surface area is 97.3 Å². The average molecular weight is 226 g/mol. The third-order valence-corrected chi connectivity index (χ3v) is 3.63. The summed E-state index contributed by atoms with van der Waals surface area (Å²) in [5.74, 6) is 0.440. The fraction of sp³-hybridized carbons (Fsp3) is 0.917. The number of ether oxygens (including phenoxy) is 1. The number of carbonyl (C=O) groups excluding carboxylic acids is 1. The van der Waals surface area contributed by atoms with Crippen LogP contribution >= 0.6 is 0 Å². The molecule has 0 aromatic carbocycles. The van der Waals surface area contributed by atoms with Crippen LogP contribution in [0.2, 0.25) is 0 Å². The predicted molar refractivity (Wildman–Crippen MR) is 62.2 cm³/mol. The van der Waals surface area contributed by atoms with E-state index in [0.29, 0.717) is 18.6 Å². The van der Waals surface area contributed by atoms with Gasteiger partial charge in [0.25, 0.3) is 0 Å². The standard InChI is InChI=1S/C12H22N2O2/c1-13-8-11-4-2-3-6-14(11)12(15)10-5-7-16-9-10/h10-11,13H,2-9H2,1H3. The quantitative estimate of drug-likeness (QED) is 0.767. The zero-order valence-corrected chi connectivity index (χ0v) is 10.1. The van der Waals surface area contributed by atoms with Crippen molar-refractivity contribution in [3.05, 3.63) is 0 Å². The summed E-state index contributed by atoms with van der Waals surface area (Å²) < 4.78 is 5.30. The lowest BCUT2D eigenvalue weighted by Gasteiger charge is -2.37. The Morgan fingerprint density at radius 1 is 1.44 bits per heavy atom. The maximum Gasteiger partial charge on any atom is 0.228 e. The maximum absolute atomic E-state index is 12.3. The van der Waals surface area contributed by atoms with Crippen molar-refractivity contribution < 1.29 is 9.53 Å². The van der Waals surface area contributed by atoms with E-state index < -0.39 is 0 Å². The van der Waals surface area contributed by atoms with Gasteiger partial charge in [-0.1, -0.05) is 0 Å². The molecule has 0 radical (unpaired) electrons. The molecule has 0 aromatic heterocycles. The molecule has 0 bridgehead atoms. The van der Waals surface area contributed by atoms with Crippen LogP contribution in [0.3, 0.4) is 0 Å². The first-order chi connectivity index (χ1) is 7.83. The number of amides is 1. The molecule has 2 aliphatic heterocycles. The lowest BCUT2D eigenvalue weighted by Crippen LogP contribution is -2.50. The SMILES string of the molecule is CNCC1CCCCN1C(=O)C1CCOC1. The summed E-state index contributed by atoms with van der Waals surface area (Å²) in [6.07, 6.45) is 4.44. The van der Waals surface area contributed by atoms with Crippen LogP contribution in [0.4, 0.5) is 0 Å². The molecule has 2 aliphatic rings. The molecule has 0 spiro atoms. The molecule has 92 valence electrons. The van der Waals surface area contributed by atoms with Crippen molar-refractivity contribution in [2.24, 2.45) is 5.92 Å². The van der Waals surface area contributed by atoms with Gasteiger partial charge in [-0.05, 0) is 32.7 Å². The van der Waals surface area contributed by atoms with E-state index in [1.165, 1.54) is 6.42 Å². The summed E-state index contributed by atoms with van der Waals surface area (Å²) in [6, 6.07) is 0.395. The molecule has 0 saturated carbocycles. The highest BCUT2D eigenvalue weighted by Gasteiger charge is 2.32. The van der Waals surface area contributed by atoms with E-state index in [4.69, 9.17) is 4.74 Å². The molecule has 1 N–H and O–H groups in total. The van der Waals surface area contributed by atoms with Crippen LogP contribution in [0, 0.1) is 5.92 Å². The molecule has 4 heteroatoms. The summed E-state index contributed by atoms with van der Waals surface area (Å²) in [4.78, 5) is 14.4. The van der Waals surface area contributed by atoms with Crippen LogP contribution in [-0.2, 0) is 9.53 Å². The molecule has 16 heavy (non-hydrogen) atoms. The van der Waals surface area contributed by atoms with E-state index in [2.05, 4.69) is 10.2 Å². The summed E-state index contributed by atoms with van der Waals surface area (Å²) in [6.45, 7) is 3.23. The van der Waals surface area contributed by atoms with Crippen molar-refractivity contribution in [2.45, 2.75) is 31.7 Å². The molecular weight excluding hydrogens is 204 g/mol. The molecule has 2 heterocycles. The van der Waals surface area contributed by atoms with E-state index >= 15 is 0 Å². The Morgan fingerprint density at radius 2 is 2.31 bits per heavy atom. The Kier molecular flexibility index (Phi) is 4.18. The second-order valence-corrected chi connectivity index (χ2v) is 4.80. The van der Waals surface area contributed by atoms with Gasteiger partial charge in [-0.3, -0.25) is 4.79 Å². The molecule has 1 amide bonds. The Morgan fingerprint density at radius 3 is 3.00 bits per heavy atom. The Hall–Kier alpha value is -0.610. The lowest BCUT2D eigenvalue weighted by molar-refractivity contribution is -0.139. The average Bonchev–Trinajstić information content (AvgIpc) is 2.83. The van der Waals surface area contributed by atoms with Crippen molar-refractivity contribution in [1.29, 1.82) is 0 Å². The van der Waals surface area contributed by atoms with Crippen molar-refractivity contribution in [3.63, 3.8) is 0 Å². The molecule has 2 fully saturated rings. The summed E-state index contributed by atoms with van der Waals surface area (Å²) in [7, 11) is 1.95. The van der Waals surface area contributed by atoms with Crippen molar-refractivity contribution >= 4 is 5.91 Å². The third-order valence-electron chi connectivity index (χ3n) is 3.63. The summed E-state index contributed by atoms with van der Waals surface area (Å²) in [5.41, 5.74) is 0. The van der Waals surface area contributed by atoms with Gasteiger partial charge in [0.2, 0.25) is 5.91 Å². The number of piperidine rings is 1. The minimum atomic E-state index is 0.123. The third kappa shape index (κ3) is 2.55. The van der Waals surface area contributed by atoms with Crippen LogP contribution in [0.15, 0.2) is 0 Å². The molecule has 2 unspecified atom stereocenters. The normalized spacial score (nSPS) is 30.7. The highest BCUT2D eigenvalue weighted by molar-refractivity contribution is 5.79. The van der Waals surface area contributed by atoms with Crippen LogP contribution in [0.25, 0.3) is 0 Å². The Balaban J connectivity index is 1.95. The van der Waals surface area contributed by atoms with Crippen molar-refractivity contribution in [2.75, 3.05) is 33.4 Å². The first-order valence-electron chi connectivity index (χ1n) is 6.35. The van der Waals surface area contributed by atoms with Gasteiger partial charge in [-0.15, -0.1) is 0 Å². The van der Waals surface area contributed by atoms with Crippen molar-refractivity contribution in [3.8, 4) is 0 Å². The number of carbonyl (C=O) groups is 1. The van der Waals surface area contributed by atoms with Gasteiger partial charge in [0, 0.05) is 25.7 Å². The second-order valence-electron chi connectivity index (χ2n) is 4.80. The molecule has 2 rings (SSSR count). The largest absolute Gasteiger partial charge is 0.381 e. The highest BCUT2D eigenvalue weighted by atomic mass is 16.5. The number of likely N-dealkylation sites (tertiary alicyclic amines) is 1. The van der Waals surface area contributed by atoms with Crippen LogP contribution in [0.1, 0.15) is 25.7 Å². The number of hydrogen-bond donors (Lipinski definition) is 1. The van der Waals surface area contributed by atoms with E-state index in [9.17, 15) is 4.79 Å². The van der Waals surface area contributed by atoms with Crippen LogP contribution < -0.4 is 5.32 Å². The van der Waals surface area contributed by atoms with E-state index in [0.717, 1.165) is 39.0 Å². The number of nitrogens with one attached hydrogen (secondary N) is 1. The van der Waals surface area contributed by atoms with Gasteiger partial charge in [-0.25, -0.2) is 0 Å². The lowest BCUT2D eigenvalue weighted by atomic mass is 9.98. The monoisotopic (exact) mass is 226 g/mol. The number of hydrogen-bond acceptors (Lipinski definition) is 3. The molecule has 4 nitrogen and oxygen atoms in total. The topological polar surface area (TPSA) is 41.6 Å². The highest BCUT2D eigenvalue weighted by Crippen LogP contribution is 2.22. The van der Waals surface area contributed by atoms with Gasteiger partial charge < -0.3 is 15.0 Å². The minimum absolute atomic E-state index is 0.123. The van der Waals surface area contributed by atoms with E-state index in [1.807, 2.05) is 7.05 Å². The summed E-state index contributed by atoms with van der Waals surface area (Å²) in [5, 5.41) is 3.19. The molecule has 2 atom stereocenters. The zero-order valence-electron chi connectivity index (χ0n) is 10.1. The van der Waals surface area contributed by atoms with Gasteiger partial charge in [0.15, 0.2) is 0 Å². The van der Waals surface area contributed by atoms with Crippen LogP contribution in [0.5, 0.6) is 0 Å². The smallest absolute Gasteiger partial charge is 0.228 e. The maximum atomic E-state index is 12.3. The van der Waals surface area contributed by atoms with Gasteiger partial charge in [0.1, 0.15) is 0 Å². The number of likely N-dealkylation sites (N-methyl/N-ethyl adjacent to an activating group) is 1. The van der Waals surface area contributed by atoms with E-state index in [-0.39, 0.29) is 5.92 Å². The number of nitrogens with zero attached hydrogens (tertiary/aromatic N) is 1. The van der Waals surface area contributed by atoms with Gasteiger partial charge >= 0.3 is 0 Å². The van der Waals surface area contributed by atoms with Crippen molar-refractivity contribution in [1.82, 2.24) is 10.2 Å². The molecule has 2 saturated heterocycles. The fourth-order valence-electron chi connectivity index (χ4n) is 2.70. The predicted octanol–water partition coefficient (Wildman–Crippen LogP) is 0.623. The fourth-order valence-corrected chi connectivity index (χ4v) is 2.70. The molecule has 0 aliphatic carbocycles. The zero-order chi connectivity index (χ0) is 11.4. The first kappa shape index (κ1) is 11.9. The summed E-state index contributed by atoms with van der Waals surface area (Å²) >= 11 is 0. The van der Waals surface area contributed by atoms with Crippen LogP contribution in [-0.4, -0.2) is 50.2 Å². The van der Waals surface area contributed by atoms with Gasteiger partial charge in [-0.2, -0.15) is 0 Å². The second kappa shape index (κ2) is 5.64.